The largest absolute Gasteiger partial charge is 0.494 e. The van der Waals surface area contributed by atoms with Gasteiger partial charge in [-0.05, 0) is 45.5 Å². The van der Waals surface area contributed by atoms with E-state index in [-0.39, 0.29) is 11.4 Å². The molecule has 1 aliphatic rings. The summed E-state index contributed by atoms with van der Waals surface area (Å²) in [6, 6.07) is 0. The van der Waals surface area contributed by atoms with E-state index in [0.29, 0.717) is 0 Å². The van der Waals surface area contributed by atoms with Crippen LogP contribution in [0, 0.1) is 5.92 Å². The molecule has 0 radical (unpaired) electrons. The third-order valence-electron chi connectivity index (χ3n) is 4.97. The molecule has 0 N–H and O–H groups in total. The summed E-state index contributed by atoms with van der Waals surface area (Å²) < 4.78 is 102. The zero-order valence-electron chi connectivity index (χ0n) is 16.8. The van der Waals surface area contributed by atoms with Gasteiger partial charge in [-0.15, -0.1) is 0 Å². The Balaban J connectivity index is 3.12. The standard InChI is InChI=1S/C18H26BF7O2/c1-12(2)9-10-13(19-27-14(3,4)15(5,6)28-19)8-7-11-16(20,17(21,22)23)18(24,25)26/h8-10,12H,7,11H2,1-6H3/b10-9-,13-8+. The first-order valence-electron chi connectivity index (χ1n) is 8.90. The van der Waals surface area contributed by atoms with Crippen LogP contribution in [0.5, 0.6) is 0 Å². The van der Waals surface area contributed by atoms with Crippen LogP contribution < -0.4 is 0 Å². The molecule has 1 heterocycles. The van der Waals surface area contributed by atoms with Gasteiger partial charge in [0.05, 0.1) is 11.2 Å². The van der Waals surface area contributed by atoms with Crippen LogP contribution in [0.3, 0.4) is 0 Å². The second-order valence-corrected chi connectivity index (χ2v) is 8.23. The van der Waals surface area contributed by atoms with Crippen LogP contribution >= 0.6 is 0 Å². The van der Waals surface area contributed by atoms with Crippen LogP contribution in [0.2, 0.25) is 0 Å². The Hall–Kier alpha value is -1.03. The minimum absolute atomic E-state index is 0.0661. The van der Waals surface area contributed by atoms with E-state index in [2.05, 4.69) is 0 Å². The van der Waals surface area contributed by atoms with E-state index in [1.54, 1.807) is 33.8 Å². The zero-order valence-corrected chi connectivity index (χ0v) is 16.8. The molecule has 1 saturated heterocycles. The highest BCUT2D eigenvalue weighted by Crippen LogP contribution is 2.49. The van der Waals surface area contributed by atoms with Crippen LogP contribution in [-0.4, -0.2) is 36.3 Å². The molecule has 0 aromatic rings. The van der Waals surface area contributed by atoms with Gasteiger partial charge in [-0.1, -0.05) is 32.1 Å². The van der Waals surface area contributed by atoms with E-state index in [4.69, 9.17) is 9.31 Å². The average Bonchev–Trinajstić information content (AvgIpc) is 2.67. The lowest BCUT2D eigenvalue weighted by Gasteiger charge is -2.32. The van der Waals surface area contributed by atoms with E-state index in [1.807, 2.05) is 13.8 Å². The number of hydrogen-bond donors (Lipinski definition) is 0. The van der Waals surface area contributed by atoms with Gasteiger partial charge in [0.25, 0.3) is 5.67 Å². The van der Waals surface area contributed by atoms with Crippen LogP contribution in [0.1, 0.15) is 54.4 Å². The summed E-state index contributed by atoms with van der Waals surface area (Å²) in [5, 5.41) is 0. The highest BCUT2D eigenvalue weighted by Gasteiger charge is 2.71. The average molecular weight is 418 g/mol. The Bertz CT molecular complexity index is 574. The topological polar surface area (TPSA) is 18.5 Å². The number of hydrogen-bond acceptors (Lipinski definition) is 2. The van der Waals surface area contributed by atoms with E-state index < -0.39 is 49.2 Å². The number of rotatable bonds is 6. The molecule has 0 bridgehead atoms. The first kappa shape index (κ1) is 25.0. The fourth-order valence-electron chi connectivity index (χ4n) is 2.41. The number of allylic oxidation sites excluding steroid dienone is 4. The molecule has 28 heavy (non-hydrogen) atoms. The van der Waals surface area contributed by atoms with E-state index in [1.165, 1.54) is 6.08 Å². The van der Waals surface area contributed by atoms with Crippen molar-refractivity contribution in [2.75, 3.05) is 0 Å². The van der Waals surface area contributed by atoms with Gasteiger partial charge in [0.15, 0.2) is 0 Å². The molecule has 0 spiro atoms. The summed E-state index contributed by atoms with van der Waals surface area (Å²) >= 11 is 0. The summed E-state index contributed by atoms with van der Waals surface area (Å²) in [6.45, 7) is 10.7. The maximum absolute atomic E-state index is 13.8. The monoisotopic (exact) mass is 418 g/mol. The lowest BCUT2D eigenvalue weighted by Crippen LogP contribution is -2.53. The van der Waals surface area contributed by atoms with Crippen molar-refractivity contribution in [3.05, 3.63) is 23.7 Å². The molecule has 0 atom stereocenters. The van der Waals surface area contributed by atoms with Crippen molar-refractivity contribution in [1.82, 2.24) is 0 Å². The van der Waals surface area contributed by atoms with E-state index in [9.17, 15) is 30.7 Å². The van der Waals surface area contributed by atoms with Crippen molar-refractivity contribution >= 4 is 7.12 Å². The van der Waals surface area contributed by atoms with Crippen LogP contribution in [0.4, 0.5) is 30.7 Å². The van der Waals surface area contributed by atoms with Gasteiger partial charge in [0.1, 0.15) is 0 Å². The normalized spacial score (nSPS) is 21.2. The quantitative estimate of drug-likeness (QED) is 0.284. The molecule has 10 heteroatoms. The number of alkyl halides is 7. The van der Waals surface area contributed by atoms with Gasteiger partial charge in [-0.25, -0.2) is 4.39 Å². The highest BCUT2D eigenvalue weighted by atomic mass is 19.4. The first-order valence-corrected chi connectivity index (χ1v) is 8.90. The molecule has 0 aliphatic carbocycles. The third kappa shape index (κ3) is 5.31. The molecule has 1 aliphatic heterocycles. The first-order chi connectivity index (χ1) is 12.3. The van der Waals surface area contributed by atoms with Crippen LogP contribution in [0.25, 0.3) is 0 Å². The van der Waals surface area contributed by atoms with Crippen molar-refractivity contribution in [2.45, 2.75) is 83.6 Å². The maximum atomic E-state index is 13.8. The molecular formula is C18H26BF7O2. The van der Waals surface area contributed by atoms with Crippen LogP contribution in [0.15, 0.2) is 23.7 Å². The third-order valence-corrected chi connectivity index (χ3v) is 4.97. The maximum Gasteiger partial charge on any atom is 0.494 e. The molecule has 0 aromatic carbocycles. The fraction of sp³-hybridized carbons (Fsp3) is 0.778. The van der Waals surface area contributed by atoms with Gasteiger partial charge in [0.2, 0.25) is 0 Å². The summed E-state index contributed by atoms with van der Waals surface area (Å²) in [4.78, 5) is 0. The molecule has 0 saturated carbocycles. The van der Waals surface area contributed by atoms with Gasteiger partial charge >= 0.3 is 19.5 Å². The Morgan fingerprint density at radius 2 is 1.32 bits per heavy atom. The highest BCUT2D eigenvalue weighted by molar-refractivity contribution is 6.55. The zero-order chi connectivity index (χ0) is 22.2. The van der Waals surface area contributed by atoms with Crippen molar-refractivity contribution in [2.24, 2.45) is 5.92 Å². The Morgan fingerprint density at radius 3 is 1.68 bits per heavy atom. The van der Waals surface area contributed by atoms with Crippen molar-refractivity contribution in [1.29, 1.82) is 0 Å². The van der Waals surface area contributed by atoms with Gasteiger partial charge in [-0.3, -0.25) is 0 Å². The van der Waals surface area contributed by atoms with Gasteiger partial charge in [0, 0.05) is 6.42 Å². The molecular weight excluding hydrogens is 392 g/mol. The molecule has 2 nitrogen and oxygen atoms in total. The minimum Gasteiger partial charge on any atom is -0.399 e. The number of halogens is 7. The summed E-state index contributed by atoms with van der Waals surface area (Å²) in [5.74, 6) is 0.0661. The van der Waals surface area contributed by atoms with Crippen molar-refractivity contribution in [3.63, 3.8) is 0 Å². The summed E-state index contributed by atoms with van der Waals surface area (Å²) in [7, 11) is -0.981. The molecule has 0 aromatic heterocycles. The molecule has 1 rings (SSSR count). The lowest BCUT2D eigenvalue weighted by atomic mass is 9.76. The van der Waals surface area contributed by atoms with Gasteiger partial charge < -0.3 is 9.31 Å². The second-order valence-electron chi connectivity index (χ2n) is 8.23. The van der Waals surface area contributed by atoms with E-state index >= 15 is 0 Å². The smallest absolute Gasteiger partial charge is 0.399 e. The van der Waals surface area contributed by atoms with Crippen LogP contribution in [-0.2, 0) is 9.31 Å². The lowest BCUT2D eigenvalue weighted by molar-refractivity contribution is -0.342. The Labute approximate surface area is 161 Å². The molecule has 0 amide bonds. The second kappa shape index (κ2) is 8.01. The predicted octanol–water partition coefficient (Wildman–Crippen LogP) is 6.37. The predicted molar refractivity (Wildman–Crippen MR) is 93.3 cm³/mol. The van der Waals surface area contributed by atoms with Gasteiger partial charge in [-0.2, -0.15) is 26.3 Å². The summed E-state index contributed by atoms with van der Waals surface area (Å²) in [6.07, 6.45) is -10.4. The Morgan fingerprint density at radius 1 is 0.893 bits per heavy atom. The summed E-state index contributed by atoms with van der Waals surface area (Å²) in [5.41, 5.74) is -6.52. The Kier molecular flexibility index (Phi) is 7.16. The minimum atomic E-state index is -6.06. The molecule has 1 fully saturated rings. The SMILES string of the molecule is CC(C)/C=C\C(=C/CCC(F)(C(F)(F)F)C(F)(F)F)B1OC(C)(C)C(C)(C)O1. The van der Waals surface area contributed by atoms with Crippen molar-refractivity contribution in [3.8, 4) is 0 Å². The fourth-order valence-corrected chi connectivity index (χ4v) is 2.41. The molecule has 162 valence electrons. The molecule has 0 unspecified atom stereocenters. The van der Waals surface area contributed by atoms with Crippen molar-refractivity contribution < 1.29 is 40.0 Å². The van der Waals surface area contributed by atoms with E-state index in [0.717, 1.165) is 6.08 Å².